The van der Waals surface area contributed by atoms with Gasteiger partial charge in [-0.15, -0.1) is 0 Å². The van der Waals surface area contributed by atoms with Gasteiger partial charge in [0.1, 0.15) is 12.4 Å². The van der Waals surface area contributed by atoms with Crippen LogP contribution >= 0.6 is 11.6 Å². The Kier molecular flexibility index (Phi) is 2.22. The molecule has 3 nitrogen and oxygen atoms in total. The lowest BCUT2D eigenvalue weighted by Gasteiger charge is -1.91. The van der Waals surface area contributed by atoms with Crippen LogP contribution in [0.4, 0.5) is 0 Å². The van der Waals surface area contributed by atoms with Crippen LogP contribution in [0.2, 0.25) is 5.02 Å². The van der Waals surface area contributed by atoms with Crippen molar-refractivity contribution < 1.29 is 9.25 Å². The summed E-state index contributed by atoms with van der Waals surface area (Å²) in [5.74, 6) is 5.60. The van der Waals surface area contributed by atoms with E-state index in [1.165, 1.54) is 0 Å². The number of fused-ring (bicyclic) bond motifs is 1. The van der Waals surface area contributed by atoms with E-state index in [0.29, 0.717) is 16.4 Å². The second-order valence-electron chi connectivity index (χ2n) is 2.68. The molecule has 2 rings (SSSR count). The molecule has 0 atom stereocenters. The number of halogens is 1. The van der Waals surface area contributed by atoms with Crippen molar-refractivity contribution in [1.82, 2.24) is 0 Å². The Balaban J connectivity index is 2.55. The molecule has 0 saturated heterocycles. The number of furan rings is 1. The average molecular weight is 198 g/mol. The fourth-order valence-corrected chi connectivity index (χ4v) is 1.45. The van der Waals surface area contributed by atoms with Crippen molar-refractivity contribution in [3.8, 4) is 0 Å². The number of para-hydroxylation sites is 1. The maximum Gasteiger partial charge on any atom is 0.152 e. The van der Waals surface area contributed by atoms with Crippen molar-refractivity contribution in [2.75, 3.05) is 0 Å². The second-order valence-corrected chi connectivity index (χ2v) is 3.09. The Morgan fingerprint density at radius 1 is 1.46 bits per heavy atom. The Morgan fingerprint density at radius 3 is 3.00 bits per heavy atom. The van der Waals surface area contributed by atoms with Crippen molar-refractivity contribution in [1.29, 1.82) is 0 Å². The molecule has 2 N–H and O–H groups in total. The predicted octanol–water partition coefficient (Wildman–Crippen LogP) is 2.48. The highest BCUT2D eigenvalue weighted by Gasteiger charge is 2.05. The van der Waals surface area contributed by atoms with Crippen molar-refractivity contribution >= 4 is 22.6 Å². The van der Waals surface area contributed by atoms with E-state index in [4.69, 9.17) is 21.9 Å². The highest BCUT2D eigenvalue weighted by molar-refractivity contribution is 6.34. The minimum Gasteiger partial charge on any atom is -0.457 e. The van der Waals surface area contributed by atoms with Gasteiger partial charge in [0.15, 0.2) is 5.58 Å². The van der Waals surface area contributed by atoms with E-state index in [1.807, 2.05) is 18.2 Å². The van der Waals surface area contributed by atoms with Crippen LogP contribution in [0.1, 0.15) is 5.76 Å². The molecule has 0 saturated carbocycles. The normalized spacial score (nSPS) is 10.9. The van der Waals surface area contributed by atoms with Crippen LogP contribution in [-0.4, -0.2) is 0 Å². The number of benzene rings is 1. The SMILES string of the molecule is NOCc1cc2cccc(Cl)c2o1. The van der Waals surface area contributed by atoms with Gasteiger partial charge in [0.2, 0.25) is 0 Å². The molecule has 0 aliphatic carbocycles. The smallest absolute Gasteiger partial charge is 0.152 e. The molecule has 13 heavy (non-hydrogen) atoms. The van der Waals surface area contributed by atoms with Crippen LogP contribution < -0.4 is 5.90 Å². The standard InChI is InChI=1S/C9H8ClNO2/c10-8-3-1-2-6-4-7(5-12-11)13-9(6)8/h1-4H,5,11H2. The summed E-state index contributed by atoms with van der Waals surface area (Å²) in [6.45, 7) is 0.255. The minimum absolute atomic E-state index is 0.255. The lowest BCUT2D eigenvalue weighted by atomic mass is 10.2. The first-order chi connectivity index (χ1) is 6.31. The van der Waals surface area contributed by atoms with Crippen LogP contribution in [-0.2, 0) is 11.4 Å². The lowest BCUT2D eigenvalue weighted by molar-refractivity contribution is 0.110. The van der Waals surface area contributed by atoms with Gasteiger partial charge >= 0.3 is 0 Å². The summed E-state index contributed by atoms with van der Waals surface area (Å²) in [6.07, 6.45) is 0. The zero-order valence-electron chi connectivity index (χ0n) is 6.79. The molecule has 0 amide bonds. The number of hydrogen-bond donors (Lipinski definition) is 1. The molecule has 4 heteroatoms. The van der Waals surface area contributed by atoms with Crippen LogP contribution in [0.25, 0.3) is 11.0 Å². The third-order valence-corrected chi connectivity index (χ3v) is 2.07. The Bertz CT molecular complexity index is 424. The summed E-state index contributed by atoms with van der Waals surface area (Å²) in [5, 5.41) is 1.56. The minimum atomic E-state index is 0.255. The van der Waals surface area contributed by atoms with Crippen LogP contribution in [0.15, 0.2) is 28.7 Å². The predicted molar refractivity (Wildman–Crippen MR) is 50.2 cm³/mol. The van der Waals surface area contributed by atoms with Gasteiger partial charge in [0.25, 0.3) is 0 Å². The highest BCUT2D eigenvalue weighted by Crippen LogP contribution is 2.26. The Hall–Kier alpha value is -1.03. The summed E-state index contributed by atoms with van der Waals surface area (Å²) in [4.78, 5) is 4.46. The summed E-state index contributed by atoms with van der Waals surface area (Å²) >= 11 is 5.90. The van der Waals surface area contributed by atoms with Gasteiger partial charge in [-0.2, -0.15) is 0 Å². The molecule has 0 spiro atoms. The molecule has 0 aliphatic heterocycles. The zero-order chi connectivity index (χ0) is 9.26. The van der Waals surface area contributed by atoms with Gasteiger partial charge in [-0.3, -0.25) is 4.84 Å². The number of nitrogens with two attached hydrogens (primary N) is 1. The number of rotatable bonds is 2. The van der Waals surface area contributed by atoms with Crippen molar-refractivity contribution in [2.24, 2.45) is 5.90 Å². The summed E-state index contributed by atoms with van der Waals surface area (Å²) < 4.78 is 5.40. The molecule has 0 radical (unpaired) electrons. The first kappa shape index (κ1) is 8.56. The molecule has 0 bridgehead atoms. The van der Waals surface area contributed by atoms with Gasteiger partial charge < -0.3 is 4.42 Å². The molecule has 68 valence electrons. The van der Waals surface area contributed by atoms with Crippen molar-refractivity contribution in [3.05, 3.63) is 35.0 Å². The Morgan fingerprint density at radius 2 is 2.31 bits per heavy atom. The fourth-order valence-electron chi connectivity index (χ4n) is 1.23. The van der Waals surface area contributed by atoms with E-state index in [0.717, 1.165) is 5.39 Å². The summed E-state index contributed by atoms with van der Waals surface area (Å²) in [6, 6.07) is 7.42. The molecule has 0 fully saturated rings. The van der Waals surface area contributed by atoms with E-state index in [2.05, 4.69) is 4.84 Å². The molecular formula is C9H8ClNO2. The molecule has 1 aromatic heterocycles. The molecule has 0 unspecified atom stereocenters. The summed E-state index contributed by atoms with van der Waals surface area (Å²) in [7, 11) is 0. The topological polar surface area (TPSA) is 48.4 Å². The quantitative estimate of drug-likeness (QED) is 0.753. The lowest BCUT2D eigenvalue weighted by Crippen LogP contribution is -1.96. The van der Waals surface area contributed by atoms with Crippen molar-refractivity contribution in [2.45, 2.75) is 6.61 Å². The van der Waals surface area contributed by atoms with Gasteiger partial charge in [-0.1, -0.05) is 23.7 Å². The first-order valence-electron chi connectivity index (χ1n) is 3.80. The summed E-state index contributed by atoms with van der Waals surface area (Å²) in [5.41, 5.74) is 0.677. The molecule has 2 aromatic rings. The van der Waals surface area contributed by atoms with Crippen LogP contribution in [0, 0.1) is 0 Å². The van der Waals surface area contributed by atoms with Crippen LogP contribution in [0.3, 0.4) is 0 Å². The maximum absolute atomic E-state index is 5.90. The third-order valence-electron chi connectivity index (χ3n) is 1.77. The largest absolute Gasteiger partial charge is 0.457 e. The molecule has 1 aromatic carbocycles. The second kappa shape index (κ2) is 3.38. The number of hydrogen-bond acceptors (Lipinski definition) is 3. The van der Waals surface area contributed by atoms with Crippen LogP contribution in [0.5, 0.6) is 0 Å². The maximum atomic E-state index is 5.90. The van der Waals surface area contributed by atoms with Crippen molar-refractivity contribution in [3.63, 3.8) is 0 Å². The highest BCUT2D eigenvalue weighted by atomic mass is 35.5. The first-order valence-corrected chi connectivity index (χ1v) is 4.17. The molecule has 1 heterocycles. The molecular weight excluding hydrogens is 190 g/mol. The van der Waals surface area contributed by atoms with E-state index >= 15 is 0 Å². The zero-order valence-corrected chi connectivity index (χ0v) is 7.54. The third kappa shape index (κ3) is 1.54. The van der Waals surface area contributed by atoms with E-state index in [-0.39, 0.29) is 6.61 Å². The van der Waals surface area contributed by atoms with E-state index in [1.54, 1.807) is 6.07 Å². The van der Waals surface area contributed by atoms with Gasteiger partial charge in [-0.25, -0.2) is 5.90 Å². The van der Waals surface area contributed by atoms with E-state index < -0.39 is 0 Å². The van der Waals surface area contributed by atoms with E-state index in [9.17, 15) is 0 Å². The van der Waals surface area contributed by atoms with Gasteiger partial charge in [-0.05, 0) is 12.1 Å². The van der Waals surface area contributed by atoms with Gasteiger partial charge in [0.05, 0.1) is 5.02 Å². The Labute approximate surface area is 80.0 Å². The monoisotopic (exact) mass is 197 g/mol. The average Bonchev–Trinajstić information content (AvgIpc) is 2.49. The van der Waals surface area contributed by atoms with Gasteiger partial charge in [0, 0.05) is 5.39 Å². The fraction of sp³-hybridized carbons (Fsp3) is 0.111. The molecule has 0 aliphatic rings.